The van der Waals surface area contributed by atoms with Gasteiger partial charge in [-0.3, -0.25) is 4.99 Å². The highest BCUT2D eigenvalue weighted by Crippen LogP contribution is 2.29. The summed E-state index contributed by atoms with van der Waals surface area (Å²) < 4.78 is 11.1. The van der Waals surface area contributed by atoms with E-state index >= 15 is 0 Å². The summed E-state index contributed by atoms with van der Waals surface area (Å²) in [6.45, 7) is 5.83. The van der Waals surface area contributed by atoms with E-state index in [0.717, 1.165) is 47.7 Å². The van der Waals surface area contributed by atoms with Crippen molar-refractivity contribution in [3.05, 3.63) is 53.5 Å². The average molecular weight is 344 g/mol. The Morgan fingerprint density at radius 1 is 1.25 bits per heavy atom. The van der Waals surface area contributed by atoms with Gasteiger partial charge in [-0.25, -0.2) is 0 Å². The molecule has 24 heavy (non-hydrogen) atoms. The standard InChI is InChI=1S/C19H24N2O2S/c1-14-5-8-18(23-14)13-21(19-20-11-4-12-24-19)15(2)16-6-9-17(22-3)10-7-16/h5-10,15H,4,11-13H2,1-3H3. The van der Waals surface area contributed by atoms with E-state index in [2.05, 4.69) is 30.0 Å². The molecule has 0 aliphatic carbocycles. The molecule has 3 rings (SSSR count). The van der Waals surface area contributed by atoms with Gasteiger partial charge in [0.05, 0.1) is 19.7 Å². The fraction of sp³-hybridized carbons (Fsp3) is 0.421. The van der Waals surface area contributed by atoms with E-state index < -0.39 is 0 Å². The molecular weight excluding hydrogens is 320 g/mol. The summed E-state index contributed by atoms with van der Waals surface area (Å²) >= 11 is 1.84. The molecule has 1 atom stereocenters. The maximum Gasteiger partial charge on any atom is 0.160 e. The highest BCUT2D eigenvalue weighted by molar-refractivity contribution is 8.13. The maximum absolute atomic E-state index is 5.80. The van der Waals surface area contributed by atoms with Crippen LogP contribution in [0.5, 0.6) is 5.75 Å². The number of methoxy groups -OCH3 is 1. The van der Waals surface area contributed by atoms with Crippen LogP contribution >= 0.6 is 11.8 Å². The van der Waals surface area contributed by atoms with E-state index in [1.807, 2.05) is 36.9 Å². The summed E-state index contributed by atoms with van der Waals surface area (Å²) in [5.41, 5.74) is 1.24. The predicted molar refractivity (Wildman–Crippen MR) is 99.8 cm³/mol. The number of hydrogen-bond donors (Lipinski definition) is 0. The first-order valence-electron chi connectivity index (χ1n) is 8.30. The van der Waals surface area contributed by atoms with Crippen molar-refractivity contribution >= 4 is 16.9 Å². The third-order valence-electron chi connectivity index (χ3n) is 4.21. The third-order valence-corrected chi connectivity index (χ3v) is 5.33. The van der Waals surface area contributed by atoms with Gasteiger partial charge in [0.15, 0.2) is 5.17 Å². The molecule has 0 N–H and O–H groups in total. The molecule has 0 fully saturated rings. The monoisotopic (exact) mass is 344 g/mol. The van der Waals surface area contributed by atoms with Crippen LogP contribution in [0.2, 0.25) is 0 Å². The smallest absolute Gasteiger partial charge is 0.160 e. The van der Waals surface area contributed by atoms with Gasteiger partial charge >= 0.3 is 0 Å². The molecule has 2 aromatic rings. The molecule has 0 spiro atoms. The lowest BCUT2D eigenvalue weighted by atomic mass is 10.1. The van der Waals surface area contributed by atoms with Gasteiger partial charge in [0, 0.05) is 12.3 Å². The van der Waals surface area contributed by atoms with Crippen molar-refractivity contribution in [2.45, 2.75) is 32.9 Å². The molecule has 0 amide bonds. The Kier molecular flexibility index (Phi) is 5.51. The number of aliphatic imine (C=N–C) groups is 1. The zero-order chi connectivity index (χ0) is 16.9. The second-order valence-corrected chi connectivity index (χ2v) is 7.02. The maximum atomic E-state index is 5.80. The number of furan rings is 1. The summed E-state index contributed by atoms with van der Waals surface area (Å²) in [6, 6.07) is 12.5. The fourth-order valence-corrected chi connectivity index (χ4v) is 3.82. The number of hydrogen-bond acceptors (Lipinski definition) is 5. The van der Waals surface area contributed by atoms with Crippen molar-refractivity contribution in [2.24, 2.45) is 4.99 Å². The third kappa shape index (κ3) is 3.96. The lowest BCUT2D eigenvalue weighted by Gasteiger charge is -2.32. The van der Waals surface area contributed by atoms with Crippen molar-refractivity contribution in [2.75, 3.05) is 19.4 Å². The normalized spacial score (nSPS) is 15.7. The summed E-state index contributed by atoms with van der Waals surface area (Å²) in [5.74, 6) is 3.92. The zero-order valence-electron chi connectivity index (χ0n) is 14.5. The molecule has 0 saturated carbocycles. The highest BCUT2D eigenvalue weighted by atomic mass is 32.2. The minimum Gasteiger partial charge on any atom is -0.497 e. The Bertz CT molecular complexity index is 694. The van der Waals surface area contributed by atoms with E-state index in [1.165, 1.54) is 5.56 Å². The van der Waals surface area contributed by atoms with Crippen LogP contribution in [-0.2, 0) is 6.54 Å². The van der Waals surface area contributed by atoms with Crippen molar-refractivity contribution < 1.29 is 9.15 Å². The zero-order valence-corrected chi connectivity index (χ0v) is 15.3. The van der Waals surface area contributed by atoms with Crippen LogP contribution in [-0.4, -0.2) is 29.5 Å². The Labute approximate surface area is 147 Å². The molecule has 1 aromatic heterocycles. The number of aryl methyl sites for hydroxylation is 1. The van der Waals surface area contributed by atoms with Crippen LogP contribution < -0.4 is 4.74 Å². The molecule has 1 aliphatic rings. The number of nitrogens with zero attached hydrogens (tertiary/aromatic N) is 2. The van der Waals surface area contributed by atoms with Crippen LogP contribution in [0.1, 0.15) is 36.5 Å². The Morgan fingerprint density at radius 3 is 2.62 bits per heavy atom. The lowest BCUT2D eigenvalue weighted by molar-refractivity contribution is 0.300. The minimum atomic E-state index is 0.214. The molecule has 128 valence electrons. The van der Waals surface area contributed by atoms with Gasteiger partial charge < -0.3 is 14.1 Å². The van der Waals surface area contributed by atoms with E-state index in [0.29, 0.717) is 0 Å². The average Bonchev–Trinajstić information content (AvgIpc) is 3.05. The summed E-state index contributed by atoms with van der Waals surface area (Å²) in [5, 5.41) is 1.11. The first-order chi connectivity index (χ1) is 11.7. The van der Waals surface area contributed by atoms with E-state index in [4.69, 9.17) is 14.1 Å². The second-order valence-electron chi connectivity index (χ2n) is 5.96. The van der Waals surface area contributed by atoms with Crippen LogP contribution in [0.15, 0.2) is 45.8 Å². The predicted octanol–water partition coefficient (Wildman–Crippen LogP) is 4.65. The van der Waals surface area contributed by atoms with Crippen molar-refractivity contribution in [3.63, 3.8) is 0 Å². The molecule has 5 heteroatoms. The van der Waals surface area contributed by atoms with Crippen LogP contribution in [0.4, 0.5) is 0 Å². The van der Waals surface area contributed by atoms with E-state index in [9.17, 15) is 0 Å². The first kappa shape index (κ1) is 17.0. The van der Waals surface area contributed by atoms with Gasteiger partial charge in [-0.2, -0.15) is 0 Å². The van der Waals surface area contributed by atoms with Crippen molar-refractivity contribution in [1.29, 1.82) is 0 Å². The number of benzene rings is 1. The molecule has 1 unspecified atom stereocenters. The molecular formula is C19H24N2O2S. The summed E-state index contributed by atoms with van der Waals surface area (Å²) in [7, 11) is 1.69. The molecule has 2 heterocycles. The number of ether oxygens (including phenoxy) is 1. The first-order valence-corrected chi connectivity index (χ1v) is 9.29. The fourth-order valence-electron chi connectivity index (χ4n) is 2.79. The summed E-state index contributed by atoms with van der Waals surface area (Å²) in [4.78, 5) is 7.09. The van der Waals surface area contributed by atoms with Crippen LogP contribution in [0.3, 0.4) is 0 Å². The second kappa shape index (κ2) is 7.79. The van der Waals surface area contributed by atoms with Gasteiger partial charge in [-0.15, -0.1) is 0 Å². The van der Waals surface area contributed by atoms with Crippen LogP contribution in [0.25, 0.3) is 0 Å². The lowest BCUT2D eigenvalue weighted by Crippen LogP contribution is -2.32. The molecule has 4 nitrogen and oxygen atoms in total. The SMILES string of the molecule is COc1ccc(C(C)N(Cc2ccc(C)o2)C2=NCCCS2)cc1. The molecule has 0 radical (unpaired) electrons. The largest absolute Gasteiger partial charge is 0.497 e. The Balaban J connectivity index is 1.85. The minimum absolute atomic E-state index is 0.214. The van der Waals surface area contributed by atoms with Crippen LogP contribution in [0, 0.1) is 6.92 Å². The number of thioether (sulfide) groups is 1. The van der Waals surface area contributed by atoms with Gasteiger partial charge in [0.25, 0.3) is 0 Å². The molecule has 0 bridgehead atoms. The molecule has 1 aromatic carbocycles. The van der Waals surface area contributed by atoms with Crippen molar-refractivity contribution in [3.8, 4) is 5.75 Å². The van der Waals surface area contributed by atoms with Gasteiger partial charge in [0.1, 0.15) is 17.3 Å². The van der Waals surface area contributed by atoms with Gasteiger partial charge in [-0.1, -0.05) is 23.9 Å². The molecule has 1 aliphatic heterocycles. The highest BCUT2D eigenvalue weighted by Gasteiger charge is 2.23. The summed E-state index contributed by atoms with van der Waals surface area (Å²) in [6.07, 6.45) is 1.15. The Morgan fingerprint density at radius 2 is 2.04 bits per heavy atom. The molecule has 0 saturated heterocycles. The quantitative estimate of drug-likeness (QED) is 0.791. The topological polar surface area (TPSA) is 38.0 Å². The Hall–Kier alpha value is -1.88. The van der Waals surface area contributed by atoms with E-state index in [-0.39, 0.29) is 6.04 Å². The van der Waals surface area contributed by atoms with Gasteiger partial charge in [-0.05, 0) is 50.1 Å². The number of rotatable bonds is 5. The van der Waals surface area contributed by atoms with Crippen molar-refractivity contribution in [1.82, 2.24) is 4.90 Å². The van der Waals surface area contributed by atoms with Gasteiger partial charge in [0.2, 0.25) is 0 Å². The van der Waals surface area contributed by atoms with E-state index in [1.54, 1.807) is 7.11 Å². The number of amidine groups is 1.